The van der Waals surface area contributed by atoms with Crippen LogP contribution >= 0.6 is 0 Å². The highest BCUT2D eigenvalue weighted by Gasteiger charge is 2.26. The van der Waals surface area contributed by atoms with E-state index in [0.29, 0.717) is 12.8 Å². The van der Waals surface area contributed by atoms with Crippen molar-refractivity contribution in [3.8, 4) is 0 Å². The van der Waals surface area contributed by atoms with Gasteiger partial charge in [0, 0.05) is 6.42 Å². The van der Waals surface area contributed by atoms with E-state index < -0.39 is 18.2 Å². The van der Waals surface area contributed by atoms with Crippen molar-refractivity contribution in [2.45, 2.75) is 321 Å². The maximum absolute atomic E-state index is 12.5. The van der Waals surface area contributed by atoms with Gasteiger partial charge in [-0.25, -0.2) is 0 Å². The maximum Gasteiger partial charge on any atom is 0.220 e. The minimum absolute atomic E-state index is 0.158. The minimum Gasteiger partial charge on any atom is -0.394 e. The summed E-state index contributed by atoms with van der Waals surface area (Å²) in [6.45, 7) is 4.19. The van der Waals surface area contributed by atoms with Crippen LogP contribution in [0.15, 0.2) is 48.6 Å². The Hall–Kier alpha value is -1.69. The second-order valence-electron chi connectivity index (χ2n) is 19.8. The monoisotopic (exact) mass is 912 g/mol. The van der Waals surface area contributed by atoms with Crippen molar-refractivity contribution in [2.75, 3.05) is 6.61 Å². The van der Waals surface area contributed by atoms with Gasteiger partial charge in [0.2, 0.25) is 5.91 Å². The molecule has 0 rings (SSSR count). The van der Waals surface area contributed by atoms with E-state index in [1.807, 2.05) is 0 Å². The molecule has 0 spiro atoms. The summed E-state index contributed by atoms with van der Waals surface area (Å²) in [6, 6.07) is -0.836. The average molecular weight is 913 g/mol. The van der Waals surface area contributed by atoms with Crippen LogP contribution in [0.3, 0.4) is 0 Å². The molecule has 0 aromatic carbocycles. The summed E-state index contributed by atoms with van der Waals surface area (Å²) < 4.78 is 0. The number of rotatable bonds is 53. The van der Waals surface area contributed by atoms with Gasteiger partial charge in [-0.3, -0.25) is 4.79 Å². The SMILES string of the molecule is CCCCCCCCCCC/C=C\C/C=C\CCCCCCCCCCCCCC(=O)NC(CO)C(O)C(O)CCC/C=C/CC/C=C/CCCCCCCCCCCCCCCCC. The number of aliphatic hydroxyl groups is 3. The van der Waals surface area contributed by atoms with Gasteiger partial charge in [0.15, 0.2) is 0 Å². The van der Waals surface area contributed by atoms with Crippen molar-refractivity contribution in [2.24, 2.45) is 0 Å². The molecule has 3 atom stereocenters. The molecule has 0 saturated heterocycles. The summed E-state index contributed by atoms with van der Waals surface area (Å²) in [5, 5.41) is 33.8. The zero-order valence-corrected chi connectivity index (χ0v) is 43.6. The largest absolute Gasteiger partial charge is 0.394 e. The Balaban J connectivity index is 3.61. The lowest BCUT2D eigenvalue weighted by atomic mass is 10.0. The van der Waals surface area contributed by atoms with Crippen LogP contribution in [0.2, 0.25) is 0 Å². The molecule has 3 unspecified atom stereocenters. The predicted molar refractivity (Wildman–Crippen MR) is 287 cm³/mol. The van der Waals surface area contributed by atoms with Crippen molar-refractivity contribution in [3.63, 3.8) is 0 Å². The van der Waals surface area contributed by atoms with Gasteiger partial charge in [-0.1, -0.05) is 262 Å². The first-order valence-corrected chi connectivity index (χ1v) is 28.9. The molecule has 0 bridgehead atoms. The number of carbonyl (C=O) groups excluding carboxylic acids is 1. The standard InChI is InChI=1S/C60H113NO4/c1-3-5-7-9-11-13-15-17-19-21-23-25-27-29-30-31-33-35-37-39-41-43-45-47-49-51-53-55-59(64)61-57(56-62)60(65)58(63)54-52-50-48-46-44-42-40-38-36-34-32-28-26-24-22-20-18-16-14-12-10-8-6-4-2/h23,25,29-30,38,40,46,48,57-58,60,62-63,65H,3-22,24,26-28,31-37,39,41-45,47,49-56H2,1-2H3,(H,61,64)/b25-23-,30-29-,40-38+,48-46+. The van der Waals surface area contributed by atoms with Gasteiger partial charge in [-0.15, -0.1) is 0 Å². The number of allylic oxidation sites excluding steroid dienone is 8. The third-order valence-electron chi connectivity index (χ3n) is 13.4. The van der Waals surface area contributed by atoms with Crippen LogP contribution in [-0.2, 0) is 4.79 Å². The molecule has 5 heteroatoms. The van der Waals surface area contributed by atoms with Crippen LogP contribution < -0.4 is 5.32 Å². The highest BCUT2D eigenvalue weighted by atomic mass is 16.3. The highest BCUT2D eigenvalue weighted by Crippen LogP contribution is 2.17. The number of unbranched alkanes of at least 4 members (excludes halogenated alkanes) is 37. The smallest absolute Gasteiger partial charge is 0.220 e. The molecule has 4 N–H and O–H groups in total. The molecule has 0 aliphatic heterocycles. The van der Waals surface area contributed by atoms with Gasteiger partial charge in [0.25, 0.3) is 0 Å². The van der Waals surface area contributed by atoms with Gasteiger partial charge in [-0.2, -0.15) is 0 Å². The Morgan fingerprint density at radius 2 is 0.677 bits per heavy atom. The maximum atomic E-state index is 12.5. The lowest BCUT2D eigenvalue weighted by Crippen LogP contribution is -2.50. The molecule has 382 valence electrons. The first kappa shape index (κ1) is 63.3. The Morgan fingerprint density at radius 1 is 0.385 bits per heavy atom. The number of aliphatic hydroxyl groups excluding tert-OH is 3. The number of hydrogen-bond acceptors (Lipinski definition) is 4. The third kappa shape index (κ3) is 50.0. The van der Waals surface area contributed by atoms with E-state index in [2.05, 4.69) is 67.8 Å². The van der Waals surface area contributed by atoms with E-state index in [4.69, 9.17) is 0 Å². The van der Waals surface area contributed by atoms with Crippen molar-refractivity contribution in [3.05, 3.63) is 48.6 Å². The fraction of sp³-hybridized carbons (Fsp3) is 0.850. The Bertz CT molecular complexity index is 1050. The predicted octanol–water partition coefficient (Wildman–Crippen LogP) is 18.0. The van der Waals surface area contributed by atoms with E-state index in [1.165, 1.54) is 225 Å². The summed E-state index contributed by atoms with van der Waals surface area (Å²) in [5.74, 6) is -0.158. The number of carbonyl (C=O) groups is 1. The molecule has 0 aromatic rings. The average Bonchev–Trinajstić information content (AvgIpc) is 3.31. The summed E-state index contributed by atoms with van der Waals surface area (Å²) >= 11 is 0. The van der Waals surface area contributed by atoms with Gasteiger partial charge >= 0.3 is 0 Å². The minimum atomic E-state index is -1.17. The van der Waals surface area contributed by atoms with Crippen molar-refractivity contribution in [1.29, 1.82) is 0 Å². The number of amides is 1. The summed E-state index contributed by atoms with van der Waals surface area (Å²) in [4.78, 5) is 12.5. The Kier molecular flexibility index (Phi) is 53.5. The second kappa shape index (κ2) is 54.9. The Labute approximate surface area is 406 Å². The summed E-state index contributed by atoms with van der Waals surface area (Å²) in [7, 11) is 0. The zero-order chi connectivity index (χ0) is 47.2. The lowest BCUT2D eigenvalue weighted by Gasteiger charge is -2.26. The van der Waals surface area contributed by atoms with Gasteiger partial charge in [0.1, 0.15) is 6.10 Å². The van der Waals surface area contributed by atoms with Crippen molar-refractivity contribution < 1.29 is 20.1 Å². The van der Waals surface area contributed by atoms with E-state index in [0.717, 1.165) is 51.4 Å². The number of nitrogens with one attached hydrogen (secondary N) is 1. The molecule has 5 nitrogen and oxygen atoms in total. The highest BCUT2D eigenvalue weighted by molar-refractivity contribution is 5.76. The molecule has 65 heavy (non-hydrogen) atoms. The van der Waals surface area contributed by atoms with Gasteiger partial charge < -0.3 is 20.6 Å². The quantitative estimate of drug-likeness (QED) is 0.0361. The van der Waals surface area contributed by atoms with Crippen LogP contribution in [0.25, 0.3) is 0 Å². The van der Waals surface area contributed by atoms with Gasteiger partial charge in [-0.05, 0) is 83.5 Å². The molecular formula is C60H113NO4. The fourth-order valence-corrected chi connectivity index (χ4v) is 8.92. The number of hydrogen-bond donors (Lipinski definition) is 4. The van der Waals surface area contributed by atoms with E-state index >= 15 is 0 Å². The van der Waals surface area contributed by atoms with E-state index in [-0.39, 0.29) is 12.5 Å². The second-order valence-corrected chi connectivity index (χ2v) is 19.8. The Morgan fingerprint density at radius 3 is 1.03 bits per heavy atom. The van der Waals surface area contributed by atoms with Crippen molar-refractivity contribution >= 4 is 5.91 Å². The molecular weight excluding hydrogens is 799 g/mol. The van der Waals surface area contributed by atoms with E-state index in [1.54, 1.807) is 0 Å². The summed E-state index contributed by atoms with van der Waals surface area (Å²) in [6.07, 6.45) is 72.7. The molecule has 0 radical (unpaired) electrons. The van der Waals surface area contributed by atoms with Crippen LogP contribution in [0.4, 0.5) is 0 Å². The van der Waals surface area contributed by atoms with Crippen LogP contribution in [0.5, 0.6) is 0 Å². The van der Waals surface area contributed by atoms with Gasteiger partial charge in [0.05, 0.1) is 18.8 Å². The lowest BCUT2D eigenvalue weighted by molar-refractivity contribution is -0.124. The molecule has 0 aliphatic carbocycles. The van der Waals surface area contributed by atoms with Crippen LogP contribution in [0.1, 0.15) is 303 Å². The molecule has 1 amide bonds. The normalized spacial score (nSPS) is 13.6. The first-order valence-electron chi connectivity index (χ1n) is 28.9. The van der Waals surface area contributed by atoms with Crippen molar-refractivity contribution in [1.82, 2.24) is 5.32 Å². The topological polar surface area (TPSA) is 89.8 Å². The zero-order valence-electron chi connectivity index (χ0n) is 43.6. The van der Waals surface area contributed by atoms with Crippen LogP contribution in [0, 0.1) is 0 Å². The molecule has 0 aliphatic rings. The summed E-state index contributed by atoms with van der Waals surface area (Å²) in [5.41, 5.74) is 0. The van der Waals surface area contributed by atoms with E-state index in [9.17, 15) is 20.1 Å². The molecule has 0 fully saturated rings. The first-order chi connectivity index (χ1) is 32.1. The molecule has 0 heterocycles. The molecule has 0 saturated carbocycles. The molecule has 0 aromatic heterocycles. The fourth-order valence-electron chi connectivity index (χ4n) is 8.92. The third-order valence-corrected chi connectivity index (χ3v) is 13.4. The van der Waals surface area contributed by atoms with Crippen LogP contribution in [-0.4, -0.2) is 46.1 Å².